The third-order valence-electron chi connectivity index (χ3n) is 1.60. The maximum atomic E-state index is 11.6. The van der Waals surface area contributed by atoms with Crippen LogP contribution in [-0.2, 0) is 14.6 Å². The zero-order valence-corrected chi connectivity index (χ0v) is 9.58. The zero-order chi connectivity index (χ0) is 10.6. The molecule has 0 fully saturated rings. The summed E-state index contributed by atoms with van der Waals surface area (Å²) >= 11 is 2.91. The first-order chi connectivity index (χ1) is 6.56. The molecule has 1 aromatic carbocycles. The fraction of sp³-hybridized carbons (Fsp3) is 0.222. The second-order valence-electron chi connectivity index (χ2n) is 2.68. The van der Waals surface area contributed by atoms with Crippen molar-refractivity contribution in [3.8, 4) is 0 Å². The highest BCUT2D eigenvalue weighted by molar-refractivity contribution is 9.10. The minimum atomic E-state index is -3.38. The Kier molecular flexibility index (Phi) is 3.83. The molecule has 0 saturated heterocycles. The van der Waals surface area contributed by atoms with Gasteiger partial charge in [-0.3, -0.25) is 4.79 Å². The van der Waals surface area contributed by atoms with E-state index in [1.165, 1.54) is 12.1 Å². The van der Waals surface area contributed by atoms with E-state index in [9.17, 15) is 13.2 Å². The molecular formula is C9H8BrO3S. The minimum absolute atomic E-state index is 0.222. The molecule has 0 aliphatic carbocycles. The topological polar surface area (TPSA) is 51.2 Å². The van der Waals surface area contributed by atoms with Crippen LogP contribution in [0.2, 0.25) is 0 Å². The largest absolute Gasteiger partial charge is 0.290 e. The van der Waals surface area contributed by atoms with Gasteiger partial charge in [0.1, 0.15) is 0 Å². The maximum Gasteiger partial charge on any atom is 0.214 e. The number of halogens is 1. The SMILES string of the molecule is O=[C]C(Br)CS(=O)(=O)c1ccccc1. The Morgan fingerprint density at radius 2 is 1.86 bits per heavy atom. The third-order valence-corrected chi connectivity index (χ3v) is 4.30. The van der Waals surface area contributed by atoms with Crippen molar-refractivity contribution in [1.29, 1.82) is 0 Å². The molecule has 0 aliphatic rings. The number of alkyl halides is 1. The Balaban J connectivity index is 2.92. The highest BCUT2D eigenvalue weighted by Crippen LogP contribution is 2.13. The predicted octanol–water partition coefficient (Wildman–Crippen LogP) is 1.33. The molecule has 0 aliphatic heterocycles. The molecule has 0 N–H and O–H groups in total. The number of carbonyl (C=O) groups excluding carboxylic acids is 1. The van der Waals surface area contributed by atoms with Gasteiger partial charge in [0.2, 0.25) is 6.29 Å². The van der Waals surface area contributed by atoms with Crippen LogP contribution in [0, 0.1) is 0 Å². The molecule has 1 unspecified atom stereocenters. The number of hydrogen-bond donors (Lipinski definition) is 0. The first-order valence-corrected chi connectivity index (χ1v) is 6.42. The standard InChI is InChI=1S/C9H8BrO3S/c10-8(6-11)7-14(12,13)9-4-2-1-3-5-9/h1-5,8H,7H2. The van der Waals surface area contributed by atoms with Crippen LogP contribution in [0.15, 0.2) is 35.2 Å². The van der Waals surface area contributed by atoms with Gasteiger partial charge in [-0.25, -0.2) is 8.42 Å². The lowest BCUT2D eigenvalue weighted by atomic mass is 10.4. The lowest BCUT2D eigenvalue weighted by Gasteiger charge is -2.03. The molecule has 0 heterocycles. The average Bonchev–Trinajstić information content (AvgIpc) is 2.18. The average molecular weight is 276 g/mol. The monoisotopic (exact) mass is 275 g/mol. The molecule has 1 radical (unpaired) electrons. The lowest BCUT2D eigenvalue weighted by molar-refractivity contribution is 0.553. The smallest absolute Gasteiger partial charge is 0.214 e. The number of benzene rings is 1. The second kappa shape index (κ2) is 4.70. The molecule has 1 rings (SSSR count). The molecule has 1 aromatic rings. The molecule has 0 amide bonds. The fourth-order valence-corrected chi connectivity index (χ4v) is 3.21. The van der Waals surface area contributed by atoms with Crippen molar-refractivity contribution < 1.29 is 13.2 Å². The van der Waals surface area contributed by atoms with Gasteiger partial charge in [0.15, 0.2) is 9.84 Å². The predicted molar refractivity (Wildman–Crippen MR) is 56.9 cm³/mol. The fourth-order valence-electron chi connectivity index (χ4n) is 0.951. The van der Waals surface area contributed by atoms with E-state index < -0.39 is 14.7 Å². The Morgan fingerprint density at radius 3 is 2.36 bits per heavy atom. The Morgan fingerprint density at radius 1 is 1.29 bits per heavy atom. The van der Waals surface area contributed by atoms with Crippen molar-refractivity contribution in [3.05, 3.63) is 30.3 Å². The van der Waals surface area contributed by atoms with Crippen LogP contribution in [0.1, 0.15) is 0 Å². The van der Waals surface area contributed by atoms with E-state index in [2.05, 4.69) is 15.9 Å². The van der Waals surface area contributed by atoms with Crippen molar-refractivity contribution in [2.45, 2.75) is 9.72 Å². The molecule has 5 heteroatoms. The molecule has 0 saturated carbocycles. The van der Waals surface area contributed by atoms with Crippen LogP contribution in [0.3, 0.4) is 0 Å². The second-order valence-corrected chi connectivity index (χ2v) is 5.82. The van der Waals surface area contributed by atoms with Crippen LogP contribution in [0.4, 0.5) is 0 Å². The molecule has 0 aromatic heterocycles. The van der Waals surface area contributed by atoms with Gasteiger partial charge in [-0.05, 0) is 12.1 Å². The normalized spacial score (nSPS) is 13.5. The lowest BCUT2D eigenvalue weighted by Crippen LogP contribution is -2.16. The number of sulfone groups is 1. The van der Waals surface area contributed by atoms with E-state index in [1.54, 1.807) is 24.5 Å². The van der Waals surface area contributed by atoms with E-state index >= 15 is 0 Å². The minimum Gasteiger partial charge on any atom is -0.290 e. The van der Waals surface area contributed by atoms with Gasteiger partial charge < -0.3 is 0 Å². The Hall–Kier alpha value is -0.680. The van der Waals surface area contributed by atoms with Crippen molar-refractivity contribution in [1.82, 2.24) is 0 Å². The van der Waals surface area contributed by atoms with Gasteiger partial charge in [0.05, 0.1) is 15.5 Å². The van der Waals surface area contributed by atoms with Gasteiger partial charge in [0, 0.05) is 0 Å². The summed E-state index contributed by atoms with van der Waals surface area (Å²) in [5, 5.41) is 0. The molecular weight excluding hydrogens is 268 g/mol. The summed E-state index contributed by atoms with van der Waals surface area (Å²) in [6.07, 6.45) is 1.58. The molecule has 14 heavy (non-hydrogen) atoms. The van der Waals surface area contributed by atoms with Gasteiger partial charge in [-0.2, -0.15) is 0 Å². The first-order valence-electron chi connectivity index (χ1n) is 3.86. The third kappa shape index (κ3) is 2.92. The van der Waals surface area contributed by atoms with Gasteiger partial charge in [-0.15, -0.1) is 0 Å². The molecule has 3 nitrogen and oxygen atoms in total. The van der Waals surface area contributed by atoms with E-state index in [0.717, 1.165) is 0 Å². The van der Waals surface area contributed by atoms with Crippen molar-refractivity contribution in [2.24, 2.45) is 0 Å². The van der Waals surface area contributed by atoms with Crippen molar-refractivity contribution >= 4 is 32.1 Å². The van der Waals surface area contributed by atoms with Crippen LogP contribution < -0.4 is 0 Å². The quantitative estimate of drug-likeness (QED) is 0.780. The van der Waals surface area contributed by atoms with Gasteiger partial charge >= 0.3 is 0 Å². The summed E-state index contributed by atoms with van der Waals surface area (Å²) < 4.78 is 23.2. The van der Waals surface area contributed by atoms with Crippen LogP contribution in [-0.4, -0.2) is 25.3 Å². The highest BCUT2D eigenvalue weighted by atomic mass is 79.9. The summed E-state index contributed by atoms with van der Waals surface area (Å²) in [7, 11) is -3.38. The first kappa shape index (κ1) is 11.4. The van der Waals surface area contributed by atoms with Crippen molar-refractivity contribution in [3.63, 3.8) is 0 Å². The molecule has 75 valence electrons. The summed E-state index contributed by atoms with van der Waals surface area (Å²) in [4.78, 5) is 9.63. The highest BCUT2D eigenvalue weighted by Gasteiger charge is 2.18. The molecule has 0 bridgehead atoms. The Bertz CT molecular complexity index is 399. The van der Waals surface area contributed by atoms with E-state index in [1.807, 2.05) is 0 Å². The summed E-state index contributed by atoms with van der Waals surface area (Å²) in [5.41, 5.74) is 0. The van der Waals surface area contributed by atoms with Gasteiger partial charge in [-0.1, -0.05) is 34.1 Å². The van der Waals surface area contributed by atoms with E-state index in [4.69, 9.17) is 0 Å². The van der Waals surface area contributed by atoms with E-state index in [-0.39, 0.29) is 10.6 Å². The van der Waals surface area contributed by atoms with Gasteiger partial charge in [0.25, 0.3) is 0 Å². The molecule has 1 atom stereocenters. The summed E-state index contributed by atoms with van der Waals surface area (Å²) in [6.45, 7) is 0. The zero-order valence-electron chi connectivity index (χ0n) is 7.18. The number of rotatable bonds is 4. The molecule has 0 spiro atoms. The van der Waals surface area contributed by atoms with Crippen LogP contribution in [0.5, 0.6) is 0 Å². The maximum absolute atomic E-state index is 11.6. The van der Waals surface area contributed by atoms with E-state index in [0.29, 0.717) is 0 Å². The Labute approximate surface area is 91.2 Å². The van der Waals surface area contributed by atoms with Crippen LogP contribution >= 0.6 is 15.9 Å². The summed E-state index contributed by atoms with van der Waals surface area (Å²) in [5.74, 6) is -0.263. The summed E-state index contributed by atoms with van der Waals surface area (Å²) in [6, 6.07) is 8.01. The van der Waals surface area contributed by atoms with Crippen LogP contribution in [0.25, 0.3) is 0 Å². The number of hydrogen-bond acceptors (Lipinski definition) is 3. The van der Waals surface area contributed by atoms with Crippen molar-refractivity contribution in [2.75, 3.05) is 5.75 Å².